The van der Waals surface area contributed by atoms with Gasteiger partial charge in [-0.05, 0) is 11.8 Å². The number of hydrogen-bond acceptors (Lipinski definition) is 3. The Kier molecular flexibility index (Phi) is 1.87. The summed E-state index contributed by atoms with van der Waals surface area (Å²) in [7, 11) is 0. The number of hydrogen-bond donors (Lipinski definition) is 1. The minimum absolute atomic E-state index is 0.0258. The molecule has 3 atom stereocenters. The van der Waals surface area contributed by atoms with E-state index in [0.717, 1.165) is 0 Å². The van der Waals surface area contributed by atoms with Gasteiger partial charge in [0.2, 0.25) is 0 Å². The summed E-state index contributed by atoms with van der Waals surface area (Å²) >= 11 is 0. The summed E-state index contributed by atoms with van der Waals surface area (Å²) in [6, 6.07) is 0. The maximum Gasteiger partial charge on any atom is 0.161 e. The predicted octanol–water partition coefficient (Wildman–Crippen LogP) is 0.234. The molecule has 1 aliphatic heterocycles. The summed E-state index contributed by atoms with van der Waals surface area (Å²) in [6.07, 6.45) is -0.0258. The van der Waals surface area contributed by atoms with Crippen molar-refractivity contribution >= 4 is 0 Å². The van der Waals surface area contributed by atoms with Crippen molar-refractivity contribution in [1.82, 2.24) is 0 Å². The fourth-order valence-electron chi connectivity index (χ4n) is 1.92. The summed E-state index contributed by atoms with van der Waals surface area (Å²) in [4.78, 5) is 0. The zero-order chi connectivity index (χ0) is 7.84. The van der Waals surface area contributed by atoms with Crippen molar-refractivity contribution in [2.24, 2.45) is 17.8 Å². The van der Waals surface area contributed by atoms with Crippen molar-refractivity contribution in [1.29, 1.82) is 0 Å². The molecular weight excluding hydrogens is 144 g/mol. The average Bonchev–Trinajstić information content (AvgIpc) is 2.53. The maximum absolute atomic E-state index is 8.90. The van der Waals surface area contributed by atoms with Crippen LogP contribution in [0.25, 0.3) is 0 Å². The summed E-state index contributed by atoms with van der Waals surface area (Å²) in [5.74, 6) is 1.43. The molecule has 0 spiro atoms. The van der Waals surface area contributed by atoms with E-state index in [0.29, 0.717) is 31.0 Å². The Labute approximate surface area is 66.3 Å². The zero-order valence-corrected chi connectivity index (χ0v) is 6.69. The molecule has 11 heavy (non-hydrogen) atoms. The standard InChI is InChI=1S/C8H14O3/c1-5-6(4-9)7(5)8-10-2-3-11-8/h5-9H,2-4H2,1H3. The first-order chi connectivity index (χ1) is 5.34. The Bertz CT molecular complexity index is 142. The number of aliphatic hydroxyl groups is 1. The van der Waals surface area contributed by atoms with E-state index in [2.05, 4.69) is 6.92 Å². The second kappa shape index (κ2) is 2.73. The van der Waals surface area contributed by atoms with Gasteiger partial charge >= 0.3 is 0 Å². The molecule has 2 rings (SSSR count). The number of aliphatic hydroxyl groups excluding tert-OH is 1. The molecule has 0 amide bonds. The Morgan fingerprint density at radius 3 is 2.45 bits per heavy atom. The molecule has 3 heteroatoms. The minimum Gasteiger partial charge on any atom is -0.396 e. The molecule has 0 aromatic rings. The molecule has 0 aromatic carbocycles. The van der Waals surface area contributed by atoms with Gasteiger partial charge in [0.05, 0.1) is 13.2 Å². The lowest BCUT2D eigenvalue weighted by Gasteiger charge is -2.06. The number of rotatable bonds is 2. The molecule has 2 fully saturated rings. The van der Waals surface area contributed by atoms with Crippen molar-refractivity contribution in [2.75, 3.05) is 19.8 Å². The van der Waals surface area contributed by atoms with Gasteiger partial charge in [-0.15, -0.1) is 0 Å². The molecule has 0 aromatic heterocycles. The van der Waals surface area contributed by atoms with Gasteiger partial charge in [0.15, 0.2) is 6.29 Å². The highest BCUT2D eigenvalue weighted by Gasteiger charge is 2.52. The summed E-state index contributed by atoms with van der Waals surface area (Å²) in [6.45, 7) is 3.84. The van der Waals surface area contributed by atoms with Gasteiger partial charge in [-0.25, -0.2) is 0 Å². The highest BCUT2D eigenvalue weighted by molar-refractivity contribution is 4.96. The van der Waals surface area contributed by atoms with Crippen LogP contribution < -0.4 is 0 Å². The fourth-order valence-corrected chi connectivity index (χ4v) is 1.92. The third-order valence-electron chi connectivity index (χ3n) is 2.81. The van der Waals surface area contributed by atoms with Gasteiger partial charge in [-0.3, -0.25) is 0 Å². The van der Waals surface area contributed by atoms with Crippen LogP contribution in [-0.2, 0) is 9.47 Å². The summed E-state index contributed by atoms with van der Waals surface area (Å²) in [5.41, 5.74) is 0. The lowest BCUT2D eigenvalue weighted by Crippen LogP contribution is -2.12. The van der Waals surface area contributed by atoms with E-state index in [1.807, 2.05) is 0 Å². The topological polar surface area (TPSA) is 38.7 Å². The molecule has 64 valence electrons. The first-order valence-electron chi connectivity index (χ1n) is 4.18. The normalized spacial score (nSPS) is 44.7. The lowest BCUT2D eigenvalue weighted by atomic mass is 10.3. The highest BCUT2D eigenvalue weighted by Crippen LogP contribution is 2.49. The van der Waals surface area contributed by atoms with Crippen molar-refractivity contribution in [3.63, 3.8) is 0 Å². The quantitative estimate of drug-likeness (QED) is 0.625. The van der Waals surface area contributed by atoms with Crippen molar-refractivity contribution < 1.29 is 14.6 Å². The molecule has 2 aliphatic rings. The molecule has 0 radical (unpaired) electrons. The van der Waals surface area contributed by atoms with E-state index in [-0.39, 0.29) is 12.9 Å². The predicted molar refractivity (Wildman–Crippen MR) is 38.9 cm³/mol. The van der Waals surface area contributed by atoms with Gasteiger partial charge < -0.3 is 14.6 Å². The number of ether oxygens (including phenoxy) is 2. The van der Waals surface area contributed by atoms with Gasteiger partial charge in [-0.1, -0.05) is 6.92 Å². The van der Waals surface area contributed by atoms with Gasteiger partial charge in [-0.2, -0.15) is 0 Å². The molecule has 3 unspecified atom stereocenters. The van der Waals surface area contributed by atoms with E-state index < -0.39 is 0 Å². The van der Waals surface area contributed by atoms with E-state index in [1.165, 1.54) is 0 Å². The Morgan fingerprint density at radius 1 is 1.36 bits per heavy atom. The van der Waals surface area contributed by atoms with Crippen LogP contribution in [0.3, 0.4) is 0 Å². The average molecular weight is 158 g/mol. The lowest BCUT2D eigenvalue weighted by molar-refractivity contribution is -0.0646. The molecule has 1 saturated heterocycles. The third kappa shape index (κ3) is 1.17. The van der Waals surface area contributed by atoms with Crippen LogP contribution in [0.15, 0.2) is 0 Å². The zero-order valence-electron chi connectivity index (χ0n) is 6.69. The molecule has 1 N–H and O–H groups in total. The van der Waals surface area contributed by atoms with E-state index in [4.69, 9.17) is 14.6 Å². The van der Waals surface area contributed by atoms with Crippen LogP contribution in [-0.4, -0.2) is 31.2 Å². The van der Waals surface area contributed by atoms with Crippen LogP contribution in [0.1, 0.15) is 6.92 Å². The third-order valence-corrected chi connectivity index (χ3v) is 2.81. The smallest absolute Gasteiger partial charge is 0.161 e. The Morgan fingerprint density at radius 2 is 2.00 bits per heavy atom. The second-order valence-electron chi connectivity index (χ2n) is 3.39. The van der Waals surface area contributed by atoms with Gasteiger partial charge in [0.1, 0.15) is 0 Å². The second-order valence-corrected chi connectivity index (χ2v) is 3.39. The fraction of sp³-hybridized carbons (Fsp3) is 1.00. The Balaban J connectivity index is 1.87. The maximum atomic E-state index is 8.90. The molecule has 1 aliphatic carbocycles. The van der Waals surface area contributed by atoms with Crippen LogP contribution in [0.2, 0.25) is 0 Å². The van der Waals surface area contributed by atoms with Crippen molar-refractivity contribution in [3.05, 3.63) is 0 Å². The monoisotopic (exact) mass is 158 g/mol. The van der Waals surface area contributed by atoms with Crippen LogP contribution in [0, 0.1) is 17.8 Å². The molecule has 1 heterocycles. The van der Waals surface area contributed by atoms with E-state index in [1.54, 1.807) is 0 Å². The van der Waals surface area contributed by atoms with Crippen LogP contribution >= 0.6 is 0 Å². The van der Waals surface area contributed by atoms with Crippen molar-refractivity contribution in [2.45, 2.75) is 13.2 Å². The van der Waals surface area contributed by atoms with Gasteiger partial charge in [0, 0.05) is 12.5 Å². The van der Waals surface area contributed by atoms with Crippen molar-refractivity contribution in [3.8, 4) is 0 Å². The highest BCUT2D eigenvalue weighted by atomic mass is 16.7. The SMILES string of the molecule is CC1C(CO)C1C1OCCO1. The first kappa shape index (κ1) is 7.53. The molecular formula is C8H14O3. The molecule has 0 bridgehead atoms. The molecule has 1 saturated carbocycles. The van der Waals surface area contributed by atoms with E-state index in [9.17, 15) is 0 Å². The summed E-state index contributed by atoms with van der Waals surface area (Å²) in [5, 5.41) is 8.90. The summed E-state index contributed by atoms with van der Waals surface area (Å²) < 4.78 is 10.7. The largest absolute Gasteiger partial charge is 0.396 e. The van der Waals surface area contributed by atoms with Gasteiger partial charge in [0.25, 0.3) is 0 Å². The minimum atomic E-state index is -0.0258. The van der Waals surface area contributed by atoms with Crippen LogP contribution in [0.4, 0.5) is 0 Å². The first-order valence-corrected chi connectivity index (χ1v) is 4.18. The Hall–Kier alpha value is -0.120. The molecule has 3 nitrogen and oxygen atoms in total. The van der Waals surface area contributed by atoms with E-state index >= 15 is 0 Å². The van der Waals surface area contributed by atoms with Crippen LogP contribution in [0.5, 0.6) is 0 Å².